The maximum atomic E-state index is 11.8. The molecule has 5 heteroatoms. The Balaban J connectivity index is 2.04. The molecule has 0 aromatic heterocycles. The van der Waals surface area contributed by atoms with E-state index >= 15 is 0 Å². The highest BCUT2D eigenvalue weighted by Gasteiger charge is 2.49. The molecule has 82 valence electrons. The number of amides is 2. The Kier molecular flexibility index (Phi) is 2.73. The van der Waals surface area contributed by atoms with Crippen molar-refractivity contribution in [3.63, 3.8) is 0 Å². The zero-order valence-electron chi connectivity index (χ0n) is 8.44. The predicted octanol–water partition coefficient (Wildman–Crippen LogP) is 0.448. The van der Waals surface area contributed by atoms with E-state index in [1.807, 2.05) is 0 Å². The molecule has 0 spiro atoms. The third-order valence-electron chi connectivity index (χ3n) is 3.26. The van der Waals surface area contributed by atoms with Crippen molar-refractivity contribution >= 4 is 29.0 Å². The van der Waals surface area contributed by atoms with Crippen molar-refractivity contribution in [2.45, 2.75) is 25.7 Å². The number of thiocarbonyl (C=S) groups is 1. The topological polar surface area (TPSA) is 63.4 Å². The number of likely N-dealkylation sites (tertiary alicyclic amines) is 1. The molecule has 0 bridgehead atoms. The molecule has 1 saturated heterocycles. The minimum absolute atomic E-state index is 0.0150. The number of imide groups is 1. The molecule has 2 N–H and O–H groups in total. The number of carbonyl (C=O) groups is 2. The van der Waals surface area contributed by atoms with E-state index in [0.29, 0.717) is 18.0 Å². The van der Waals surface area contributed by atoms with Gasteiger partial charge in [-0.05, 0) is 12.8 Å². The van der Waals surface area contributed by atoms with Gasteiger partial charge in [0.1, 0.15) is 0 Å². The Morgan fingerprint density at radius 3 is 2.33 bits per heavy atom. The van der Waals surface area contributed by atoms with Crippen LogP contribution >= 0.6 is 12.2 Å². The molecule has 2 atom stereocenters. The van der Waals surface area contributed by atoms with Crippen LogP contribution in [0.3, 0.4) is 0 Å². The Morgan fingerprint density at radius 2 is 1.87 bits per heavy atom. The first kappa shape index (κ1) is 10.5. The van der Waals surface area contributed by atoms with Crippen molar-refractivity contribution in [2.24, 2.45) is 17.6 Å². The second-order valence-electron chi connectivity index (χ2n) is 4.19. The van der Waals surface area contributed by atoms with Gasteiger partial charge in [-0.3, -0.25) is 14.5 Å². The van der Waals surface area contributed by atoms with Gasteiger partial charge in [0, 0.05) is 13.0 Å². The Labute approximate surface area is 93.8 Å². The number of nitrogens with zero attached hydrogens (tertiary/aromatic N) is 1. The predicted molar refractivity (Wildman–Crippen MR) is 59.0 cm³/mol. The summed E-state index contributed by atoms with van der Waals surface area (Å²) >= 11 is 4.74. The van der Waals surface area contributed by atoms with Crippen LogP contribution in [0.4, 0.5) is 0 Å². The Morgan fingerprint density at radius 1 is 1.33 bits per heavy atom. The SMILES string of the molecule is NC(=S)CCN1C(=O)C2CCCC2C1=O. The van der Waals surface area contributed by atoms with Gasteiger partial charge >= 0.3 is 0 Å². The first-order chi connectivity index (χ1) is 7.11. The lowest BCUT2D eigenvalue weighted by Gasteiger charge is -2.14. The molecule has 1 aliphatic heterocycles. The molecular weight excluding hydrogens is 212 g/mol. The first-order valence-electron chi connectivity index (χ1n) is 5.25. The fourth-order valence-electron chi connectivity index (χ4n) is 2.50. The summed E-state index contributed by atoms with van der Waals surface area (Å²) in [5.74, 6) is -0.134. The van der Waals surface area contributed by atoms with E-state index in [2.05, 4.69) is 0 Å². The van der Waals surface area contributed by atoms with Gasteiger partial charge in [0.05, 0.1) is 16.8 Å². The summed E-state index contributed by atoms with van der Waals surface area (Å²) in [5.41, 5.74) is 5.36. The van der Waals surface area contributed by atoms with Crippen LogP contribution in [0.25, 0.3) is 0 Å². The number of nitrogens with two attached hydrogens (primary N) is 1. The quantitative estimate of drug-likeness (QED) is 0.560. The van der Waals surface area contributed by atoms with Gasteiger partial charge in [0.2, 0.25) is 11.8 Å². The maximum Gasteiger partial charge on any atom is 0.233 e. The fraction of sp³-hybridized carbons (Fsp3) is 0.700. The average Bonchev–Trinajstić information content (AvgIpc) is 2.71. The van der Waals surface area contributed by atoms with Crippen molar-refractivity contribution in [1.82, 2.24) is 4.90 Å². The minimum Gasteiger partial charge on any atom is -0.393 e. The van der Waals surface area contributed by atoms with E-state index < -0.39 is 0 Å². The molecule has 1 heterocycles. The van der Waals surface area contributed by atoms with Crippen molar-refractivity contribution in [3.05, 3.63) is 0 Å². The van der Waals surface area contributed by atoms with Gasteiger partial charge in [-0.2, -0.15) is 0 Å². The summed E-state index contributed by atoms with van der Waals surface area (Å²) in [7, 11) is 0. The van der Waals surface area contributed by atoms with Gasteiger partial charge in [0.25, 0.3) is 0 Å². The average molecular weight is 226 g/mol. The lowest BCUT2D eigenvalue weighted by Crippen LogP contribution is -2.34. The molecule has 2 aliphatic rings. The number of fused-ring (bicyclic) bond motifs is 1. The summed E-state index contributed by atoms with van der Waals surface area (Å²) < 4.78 is 0. The molecule has 15 heavy (non-hydrogen) atoms. The summed E-state index contributed by atoms with van der Waals surface area (Å²) in [5, 5.41) is 0. The highest BCUT2D eigenvalue weighted by Crippen LogP contribution is 2.39. The number of hydrogen-bond acceptors (Lipinski definition) is 3. The van der Waals surface area contributed by atoms with Crippen LogP contribution in [-0.2, 0) is 9.59 Å². The second-order valence-corrected chi connectivity index (χ2v) is 4.71. The van der Waals surface area contributed by atoms with E-state index in [-0.39, 0.29) is 23.7 Å². The molecule has 0 radical (unpaired) electrons. The fourth-order valence-corrected chi connectivity index (χ4v) is 2.59. The molecule has 2 amide bonds. The van der Waals surface area contributed by atoms with Crippen LogP contribution in [0.15, 0.2) is 0 Å². The molecule has 2 fully saturated rings. The van der Waals surface area contributed by atoms with Gasteiger partial charge in [-0.25, -0.2) is 0 Å². The summed E-state index contributed by atoms with van der Waals surface area (Å²) in [6.07, 6.45) is 3.15. The Hall–Kier alpha value is -0.970. The summed E-state index contributed by atoms with van der Waals surface area (Å²) in [6.45, 7) is 0.361. The lowest BCUT2D eigenvalue weighted by atomic mass is 10.00. The smallest absolute Gasteiger partial charge is 0.233 e. The van der Waals surface area contributed by atoms with Gasteiger partial charge in [-0.15, -0.1) is 0 Å². The van der Waals surface area contributed by atoms with Crippen LogP contribution in [0, 0.1) is 11.8 Å². The normalized spacial score (nSPS) is 29.7. The van der Waals surface area contributed by atoms with E-state index in [9.17, 15) is 9.59 Å². The third kappa shape index (κ3) is 1.76. The van der Waals surface area contributed by atoms with Crippen molar-refractivity contribution in [3.8, 4) is 0 Å². The molecule has 0 aromatic carbocycles. The van der Waals surface area contributed by atoms with Crippen molar-refractivity contribution < 1.29 is 9.59 Å². The summed E-state index contributed by atoms with van der Waals surface area (Å²) in [6, 6.07) is 0. The van der Waals surface area contributed by atoms with Gasteiger partial charge in [0.15, 0.2) is 0 Å². The number of hydrogen-bond donors (Lipinski definition) is 1. The number of rotatable bonds is 3. The molecule has 4 nitrogen and oxygen atoms in total. The van der Waals surface area contributed by atoms with Crippen LogP contribution < -0.4 is 5.73 Å². The van der Waals surface area contributed by atoms with Crippen LogP contribution in [0.5, 0.6) is 0 Å². The van der Waals surface area contributed by atoms with E-state index in [0.717, 1.165) is 19.3 Å². The monoisotopic (exact) mass is 226 g/mol. The van der Waals surface area contributed by atoms with Crippen LogP contribution in [0.1, 0.15) is 25.7 Å². The standard InChI is InChI=1S/C10H14N2O2S/c11-8(15)4-5-12-9(13)6-2-1-3-7(6)10(12)14/h6-7H,1-5H2,(H2,11,15). The van der Waals surface area contributed by atoms with Crippen LogP contribution in [-0.4, -0.2) is 28.2 Å². The van der Waals surface area contributed by atoms with E-state index in [1.54, 1.807) is 0 Å². The third-order valence-corrected chi connectivity index (χ3v) is 3.47. The molecule has 0 aromatic rings. The first-order valence-corrected chi connectivity index (χ1v) is 5.65. The Bertz CT molecular complexity index is 307. The molecule has 2 rings (SSSR count). The number of carbonyl (C=O) groups excluding carboxylic acids is 2. The van der Waals surface area contributed by atoms with Gasteiger partial charge in [-0.1, -0.05) is 18.6 Å². The highest BCUT2D eigenvalue weighted by molar-refractivity contribution is 7.80. The van der Waals surface area contributed by atoms with Crippen molar-refractivity contribution in [1.29, 1.82) is 0 Å². The van der Waals surface area contributed by atoms with E-state index in [1.165, 1.54) is 4.90 Å². The second kappa shape index (κ2) is 3.89. The zero-order valence-corrected chi connectivity index (χ0v) is 9.26. The zero-order chi connectivity index (χ0) is 11.0. The van der Waals surface area contributed by atoms with Gasteiger partial charge < -0.3 is 5.73 Å². The van der Waals surface area contributed by atoms with Crippen molar-refractivity contribution in [2.75, 3.05) is 6.54 Å². The molecule has 1 saturated carbocycles. The van der Waals surface area contributed by atoms with Crippen LogP contribution in [0.2, 0.25) is 0 Å². The lowest BCUT2D eigenvalue weighted by molar-refractivity contribution is -0.140. The molecule has 2 unspecified atom stereocenters. The molecular formula is C10H14N2O2S. The highest BCUT2D eigenvalue weighted by atomic mass is 32.1. The van der Waals surface area contributed by atoms with E-state index in [4.69, 9.17) is 18.0 Å². The maximum absolute atomic E-state index is 11.8. The molecule has 1 aliphatic carbocycles. The summed E-state index contributed by atoms with van der Waals surface area (Å²) in [4.78, 5) is 25.4. The minimum atomic E-state index is -0.0520. The largest absolute Gasteiger partial charge is 0.393 e.